The van der Waals surface area contributed by atoms with Gasteiger partial charge in [0.1, 0.15) is 0 Å². The largest absolute Gasteiger partial charge is 0.352 e. The third kappa shape index (κ3) is 2.35. The topological polar surface area (TPSA) is 61.6 Å². The van der Waals surface area contributed by atoms with E-state index in [-0.39, 0.29) is 23.0 Å². The maximum atomic E-state index is 10.9. The van der Waals surface area contributed by atoms with Gasteiger partial charge in [-0.15, -0.1) is 0 Å². The SMILES string of the molecule is C[C@H](C1OCCCO1)[C@@H]1CCC[C@@H]1[N+](=O)[O-]. The van der Waals surface area contributed by atoms with Crippen LogP contribution in [0, 0.1) is 22.0 Å². The highest BCUT2D eigenvalue weighted by atomic mass is 16.7. The molecule has 0 unspecified atom stereocenters. The van der Waals surface area contributed by atoms with Crippen molar-refractivity contribution in [3.63, 3.8) is 0 Å². The van der Waals surface area contributed by atoms with Crippen LogP contribution in [0.5, 0.6) is 0 Å². The van der Waals surface area contributed by atoms with Crippen molar-refractivity contribution in [2.45, 2.75) is 44.9 Å². The van der Waals surface area contributed by atoms with Gasteiger partial charge in [0, 0.05) is 23.2 Å². The molecule has 2 fully saturated rings. The van der Waals surface area contributed by atoms with E-state index in [0.29, 0.717) is 19.6 Å². The van der Waals surface area contributed by atoms with Gasteiger partial charge >= 0.3 is 0 Å². The van der Waals surface area contributed by atoms with Gasteiger partial charge in [0.2, 0.25) is 6.04 Å². The van der Waals surface area contributed by atoms with Gasteiger partial charge in [0.15, 0.2) is 6.29 Å². The van der Waals surface area contributed by atoms with E-state index in [1.165, 1.54) is 0 Å². The lowest BCUT2D eigenvalue weighted by Crippen LogP contribution is -2.39. The van der Waals surface area contributed by atoms with Crippen molar-refractivity contribution in [2.24, 2.45) is 11.8 Å². The highest BCUT2D eigenvalue weighted by Gasteiger charge is 2.43. The Morgan fingerprint density at radius 2 is 1.94 bits per heavy atom. The Labute approximate surface area is 95.3 Å². The van der Waals surface area contributed by atoms with Crippen molar-refractivity contribution in [1.82, 2.24) is 0 Å². The molecular weight excluding hydrogens is 210 g/mol. The van der Waals surface area contributed by atoms with E-state index in [9.17, 15) is 10.1 Å². The van der Waals surface area contributed by atoms with Crippen LogP contribution >= 0.6 is 0 Å². The van der Waals surface area contributed by atoms with Gasteiger partial charge in [-0.25, -0.2) is 0 Å². The molecule has 1 heterocycles. The molecule has 92 valence electrons. The van der Waals surface area contributed by atoms with Crippen LogP contribution in [0.2, 0.25) is 0 Å². The molecule has 1 aliphatic carbocycles. The first-order valence-corrected chi connectivity index (χ1v) is 6.07. The van der Waals surface area contributed by atoms with Gasteiger partial charge < -0.3 is 9.47 Å². The lowest BCUT2D eigenvalue weighted by Gasteiger charge is -2.31. The summed E-state index contributed by atoms with van der Waals surface area (Å²) >= 11 is 0. The minimum absolute atomic E-state index is 0.109. The van der Waals surface area contributed by atoms with Crippen LogP contribution in [-0.4, -0.2) is 30.5 Å². The van der Waals surface area contributed by atoms with E-state index in [2.05, 4.69) is 0 Å². The number of hydrogen-bond donors (Lipinski definition) is 0. The molecule has 5 nitrogen and oxygen atoms in total. The van der Waals surface area contributed by atoms with Gasteiger partial charge in [0.25, 0.3) is 0 Å². The fourth-order valence-corrected chi connectivity index (χ4v) is 2.86. The van der Waals surface area contributed by atoms with Crippen LogP contribution in [0.25, 0.3) is 0 Å². The molecule has 1 saturated heterocycles. The normalized spacial score (nSPS) is 33.8. The monoisotopic (exact) mass is 229 g/mol. The van der Waals surface area contributed by atoms with Gasteiger partial charge in [-0.2, -0.15) is 0 Å². The van der Waals surface area contributed by atoms with Crippen molar-refractivity contribution < 1.29 is 14.4 Å². The second-order valence-corrected chi connectivity index (χ2v) is 4.77. The van der Waals surface area contributed by atoms with Crippen molar-refractivity contribution in [2.75, 3.05) is 13.2 Å². The summed E-state index contributed by atoms with van der Waals surface area (Å²) in [6.07, 6.45) is 3.27. The predicted octanol–water partition coefficient (Wildman–Crippen LogP) is 1.83. The average molecular weight is 229 g/mol. The molecule has 2 aliphatic rings. The zero-order valence-corrected chi connectivity index (χ0v) is 9.63. The van der Waals surface area contributed by atoms with Crippen LogP contribution in [-0.2, 0) is 9.47 Å². The van der Waals surface area contributed by atoms with E-state index in [4.69, 9.17) is 9.47 Å². The van der Waals surface area contributed by atoms with Crippen molar-refractivity contribution >= 4 is 0 Å². The summed E-state index contributed by atoms with van der Waals surface area (Å²) in [5.41, 5.74) is 0. The van der Waals surface area contributed by atoms with Crippen LogP contribution < -0.4 is 0 Å². The summed E-state index contributed by atoms with van der Waals surface area (Å²) in [5.74, 6) is 0.233. The standard InChI is InChI=1S/C11H19NO4/c1-8(11-15-6-3-7-16-11)9-4-2-5-10(9)12(13)14/h8-11H,2-7H2,1H3/t8-,9-,10-/m0/s1. The number of nitro groups is 1. The molecule has 2 rings (SSSR count). The summed E-state index contributed by atoms with van der Waals surface area (Å²) in [4.78, 5) is 10.8. The lowest BCUT2D eigenvalue weighted by molar-refractivity contribution is -0.531. The zero-order chi connectivity index (χ0) is 11.5. The molecule has 5 heteroatoms. The summed E-state index contributed by atoms with van der Waals surface area (Å²) in [6, 6.07) is -0.399. The van der Waals surface area contributed by atoms with E-state index < -0.39 is 6.04 Å². The Hall–Kier alpha value is -0.680. The number of hydrogen-bond acceptors (Lipinski definition) is 4. The molecule has 0 bridgehead atoms. The Morgan fingerprint density at radius 1 is 1.25 bits per heavy atom. The molecule has 1 aliphatic heterocycles. The van der Waals surface area contributed by atoms with Gasteiger partial charge in [-0.05, 0) is 19.3 Å². The molecule has 0 radical (unpaired) electrons. The summed E-state index contributed by atoms with van der Waals surface area (Å²) in [7, 11) is 0. The van der Waals surface area contributed by atoms with E-state index in [1.54, 1.807) is 0 Å². The molecule has 16 heavy (non-hydrogen) atoms. The molecule has 0 aromatic carbocycles. The predicted molar refractivity (Wildman–Crippen MR) is 57.6 cm³/mol. The quantitative estimate of drug-likeness (QED) is 0.547. The first-order valence-electron chi connectivity index (χ1n) is 6.07. The second-order valence-electron chi connectivity index (χ2n) is 4.77. The van der Waals surface area contributed by atoms with E-state index in [1.807, 2.05) is 6.92 Å². The second kappa shape index (κ2) is 5.10. The van der Waals surface area contributed by atoms with Crippen LogP contribution in [0.3, 0.4) is 0 Å². The lowest BCUT2D eigenvalue weighted by atomic mass is 9.89. The highest BCUT2D eigenvalue weighted by molar-refractivity contribution is 4.83. The van der Waals surface area contributed by atoms with Crippen molar-refractivity contribution in [3.8, 4) is 0 Å². The Balaban J connectivity index is 1.96. The van der Waals surface area contributed by atoms with Gasteiger partial charge in [-0.1, -0.05) is 6.92 Å². The zero-order valence-electron chi connectivity index (χ0n) is 9.63. The Kier molecular flexibility index (Phi) is 3.76. The maximum absolute atomic E-state index is 10.9. The first kappa shape index (κ1) is 11.8. The van der Waals surface area contributed by atoms with Crippen LogP contribution in [0.4, 0.5) is 0 Å². The summed E-state index contributed by atoms with van der Waals surface area (Å²) in [6.45, 7) is 3.44. The maximum Gasteiger partial charge on any atom is 0.216 e. The minimum Gasteiger partial charge on any atom is -0.352 e. The Bertz CT molecular complexity index is 252. The summed E-state index contributed by atoms with van der Waals surface area (Å²) < 4.78 is 11.1. The summed E-state index contributed by atoms with van der Waals surface area (Å²) in [5, 5.41) is 10.9. The molecule has 3 atom stereocenters. The molecule has 0 spiro atoms. The number of nitrogens with zero attached hydrogens (tertiary/aromatic N) is 1. The minimum atomic E-state index is -0.399. The van der Waals surface area contributed by atoms with Gasteiger partial charge in [-0.3, -0.25) is 10.1 Å². The van der Waals surface area contributed by atoms with E-state index in [0.717, 1.165) is 19.3 Å². The third-order valence-corrected chi connectivity index (χ3v) is 3.76. The van der Waals surface area contributed by atoms with Gasteiger partial charge in [0.05, 0.1) is 13.2 Å². The molecule has 0 aromatic rings. The average Bonchev–Trinajstić information content (AvgIpc) is 2.78. The fraction of sp³-hybridized carbons (Fsp3) is 1.00. The molecule has 0 aromatic heterocycles. The van der Waals surface area contributed by atoms with Crippen molar-refractivity contribution in [1.29, 1.82) is 0 Å². The third-order valence-electron chi connectivity index (χ3n) is 3.76. The van der Waals surface area contributed by atoms with Crippen LogP contribution in [0.1, 0.15) is 32.6 Å². The molecule has 1 saturated carbocycles. The molecule has 0 N–H and O–H groups in total. The molecular formula is C11H19NO4. The first-order chi connectivity index (χ1) is 7.70. The number of ether oxygens (including phenoxy) is 2. The Morgan fingerprint density at radius 3 is 2.56 bits per heavy atom. The molecule has 0 amide bonds. The smallest absolute Gasteiger partial charge is 0.216 e. The van der Waals surface area contributed by atoms with E-state index >= 15 is 0 Å². The van der Waals surface area contributed by atoms with Crippen LogP contribution in [0.15, 0.2) is 0 Å². The van der Waals surface area contributed by atoms with Crippen molar-refractivity contribution in [3.05, 3.63) is 10.1 Å². The fourth-order valence-electron chi connectivity index (χ4n) is 2.86. The number of rotatable bonds is 3. The highest BCUT2D eigenvalue weighted by Crippen LogP contribution is 2.36.